The number of benzene rings is 2. The highest BCUT2D eigenvalue weighted by atomic mass is 127. The maximum Gasteiger partial charge on any atom is 0.243 e. The number of halogens is 1. The summed E-state index contributed by atoms with van der Waals surface area (Å²) in [4.78, 5) is 17.0. The number of hydrogen-bond acceptors (Lipinski definition) is 4. The van der Waals surface area contributed by atoms with Gasteiger partial charge in [-0.2, -0.15) is 0 Å². The minimum absolute atomic E-state index is 0. The van der Waals surface area contributed by atoms with Crippen molar-refractivity contribution < 1.29 is 14.3 Å². The smallest absolute Gasteiger partial charge is 0.243 e. The molecule has 0 aliphatic carbocycles. The molecule has 0 spiro atoms. The molecule has 3 N–H and O–H groups in total. The van der Waals surface area contributed by atoms with Gasteiger partial charge >= 0.3 is 0 Å². The number of aliphatic imine (C=N–C) groups is 1. The van der Waals surface area contributed by atoms with E-state index in [1.54, 1.807) is 12.1 Å². The van der Waals surface area contributed by atoms with E-state index in [4.69, 9.17) is 15.9 Å². The van der Waals surface area contributed by atoms with Crippen molar-refractivity contribution in [3.8, 4) is 18.1 Å². The minimum atomic E-state index is -0.189. The van der Waals surface area contributed by atoms with E-state index >= 15 is 0 Å². The number of amides is 1. The van der Waals surface area contributed by atoms with Gasteiger partial charge in [0.25, 0.3) is 0 Å². The van der Waals surface area contributed by atoms with Gasteiger partial charge in [0.05, 0.1) is 26.3 Å². The van der Waals surface area contributed by atoms with Crippen molar-refractivity contribution in [2.24, 2.45) is 4.99 Å². The molecule has 33 heavy (non-hydrogen) atoms. The fraction of sp³-hybridized carbons (Fsp3) is 0.360. The molecule has 1 unspecified atom stereocenters. The van der Waals surface area contributed by atoms with Crippen LogP contribution in [0.2, 0.25) is 0 Å². The van der Waals surface area contributed by atoms with Crippen LogP contribution in [0.15, 0.2) is 47.5 Å². The standard InChI is InChI=1S/C25H30N4O3.HI/c1-4-19-7-6-8-21(14-19)29-24(30)16-28-25(26-5-2)27-15-20-10-9-18(3)13-23(20)32-22-11-12-31-17-22;/h1,6-10,13-14,22H,5,11-12,15-17H2,2-3H3,(H,29,30)(H2,26,27,28);1H. The molecule has 0 aromatic heterocycles. The summed E-state index contributed by atoms with van der Waals surface area (Å²) in [6.07, 6.45) is 6.37. The summed E-state index contributed by atoms with van der Waals surface area (Å²) >= 11 is 0. The number of guanidine groups is 1. The second-order valence-corrected chi connectivity index (χ2v) is 7.54. The molecular weight excluding hydrogens is 531 g/mol. The van der Waals surface area contributed by atoms with Crippen molar-refractivity contribution >= 4 is 41.5 Å². The van der Waals surface area contributed by atoms with E-state index in [2.05, 4.69) is 26.9 Å². The summed E-state index contributed by atoms with van der Waals surface area (Å²) in [6.45, 7) is 6.52. The molecule has 1 amide bonds. The van der Waals surface area contributed by atoms with Crippen molar-refractivity contribution in [3.63, 3.8) is 0 Å². The van der Waals surface area contributed by atoms with Gasteiger partial charge in [-0.15, -0.1) is 30.4 Å². The first-order valence-corrected chi connectivity index (χ1v) is 10.8. The number of anilines is 1. The van der Waals surface area contributed by atoms with Crippen LogP contribution in [0.1, 0.15) is 30.0 Å². The molecule has 7 nitrogen and oxygen atoms in total. The SMILES string of the molecule is C#Cc1cccc(NC(=O)CNC(=NCc2ccc(C)cc2OC2CCOC2)NCC)c1.I. The molecule has 1 aliphatic rings. The zero-order chi connectivity index (χ0) is 22.8. The van der Waals surface area contributed by atoms with E-state index in [1.165, 1.54) is 0 Å². The number of nitrogens with one attached hydrogen (secondary N) is 3. The Morgan fingerprint density at radius 2 is 2.12 bits per heavy atom. The Morgan fingerprint density at radius 1 is 1.27 bits per heavy atom. The van der Waals surface area contributed by atoms with Crippen LogP contribution in [0.25, 0.3) is 0 Å². The molecule has 0 saturated carbocycles. The third kappa shape index (κ3) is 8.59. The van der Waals surface area contributed by atoms with Crippen LogP contribution in [0.5, 0.6) is 5.75 Å². The Bertz CT molecular complexity index is 997. The Morgan fingerprint density at radius 3 is 2.85 bits per heavy atom. The van der Waals surface area contributed by atoms with Gasteiger partial charge in [-0.3, -0.25) is 4.79 Å². The number of carbonyl (C=O) groups is 1. The molecule has 8 heteroatoms. The highest BCUT2D eigenvalue weighted by molar-refractivity contribution is 14.0. The fourth-order valence-electron chi connectivity index (χ4n) is 3.25. The van der Waals surface area contributed by atoms with Crippen LogP contribution in [-0.2, 0) is 16.1 Å². The molecule has 0 bridgehead atoms. The van der Waals surface area contributed by atoms with Gasteiger partial charge in [-0.25, -0.2) is 4.99 Å². The predicted octanol–water partition coefficient (Wildman–Crippen LogP) is 3.46. The lowest BCUT2D eigenvalue weighted by atomic mass is 10.1. The van der Waals surface area contributed by atoms with Crippen LogP contribution >= 0.6 is 24.0 Å². The molecule has 1 saturated heterocycles. The normalized spacial score (nSPS) is 15.2. The first-order chi connectivity index (χ1) is 15.6. The summed E-state index contributed by atoms with van der Waals surface area (Å²) in [6, 6.07) is 13.3. The molecule has 1 fully saturated rings. The molecule has 1 aliphatic heterocycles. The first-order valence-electron chi connectivity index (χ1n) is 10.8. The van der Waals surface area contributed by atoms with E-state index in [0.29, 0.717) is 36.9 Å². The zero-order valence-corrected chi connectivity index (χ0v) is 21.3. The van der Waals surface area contributed by atoms with Crippen molar-refractivity contribution in [3.05, 3.63) is 59.2 Å². The number of carbonyl (C=O) groups excluding carboxylic acids is 1. The Hall–Kier alpha value is -2.77. The van der Waals surface area contributed by atoms with Gasteiger partial charge in [-0.1, -0.05) is 24.1 Å². The van der Waals surface area contributed by atoms with E-state index in [9.17, 15) is 4.79 Å². The van der Waals surface area contributed by atoms with E-state index in [-0.39, 0.29) is 42.5 Å². The second kappa shape index (κ2) is 13.7. The van der Waals surface area contributed by atoms with Crippen LogP contribution in [0, 0.1) is 19.3 Å². The highest BCUT2D eigenvalue weighted by Gasteiger charge is 2.18. The van der Waals surface area contributed by atoms with E-state index in [0.717, 1.165) is 29.9 Å². The Balaban J connectivity index is 0.00000385. The molecule has 176 valence electrons. The molecule has 1 atom stereocenters. The van der Waals surface area contributed by atoms with E-state index in [1.807, 2.05) is 44.2 Å². The average Bonchev–Trinajstić information content (AvgIpc) is 3.30. The van der Waals surface area contributed by atoms with Gasteiger partial charge in [-0.05, 0) is 43.7 Å². The van der Waals surface area contributed by atoms with Crippen molar-refractivity contribution in [2.75, 3.05) is 31.6 Å². The Kier molecular flexibility index (Phi) is 11.0. The largest absolute Gasteiger partial charge is 0.488 e. The highest BCUT2D eigenvalue weighted by Crippen LogP contribution is 2.24. The quantitative estimate of drug-likeness (QED) is 0.199. The molecule has 0 radical (unpaired) electrons. The van der Waals surface area contributed by atoms with Gasteiger partial charge < -0.3 is 25.4 Å². The van der Waals surface area contributed by atoms with Crippen LogP contribution < -0.4 is 20.7 Å². The van der Waals surface area contributed by atoms with Crippen LogP contribution in [0.3, 0.4) is 0 Å². The summed E-state index contributed by atoms with van der Waals surface area (Å²) in [5.41, 5.74) is 3.48. The summed E-state index contributed by atoms with van der Waals surface area (Å²) in [5, 5.41) is 9.07. The van der Waals surface area contributed by atoms with Crippen LogP contribution in [-0.4, -0.2) is 44.3 Å². The van der Waals surface area contributed by atoms with Crippen LogP contribution in [0.4, 0.5) is 5.69 Å². The molecule has 2 aromatic rings. The number of ether oxygens (including phenoxy) is 2. The number of nitrogens with zero attached hydrogens (tertiary/aromatic N) is 1. The van der Waals surface area contributed by atoms with Gasteiger partial charge in [0, 0.05) is 29.8 Å². The summed E-state index contributed by atoms with van der Waals surface area (Å²) in [5.74, 6) is 3.74. The minimum Gasteiger partial charge on any atom is -0.488 e. The van der Waals surface area contributed by atoms with Gasteiger partial charge in [0.2, 0.25) is 5.91 Å². The predicted molar refractivity (Wildman–Crippen MR) is 142 cm³/mol. The summed E-state index contributed by atoms with van der Waals surface area (Å²) < 4.78 is 11.6. The second-order valence-electron chi connectivity index (χ2n) is 7.54. The van der Waals surface area contributed by atoms with Crippen molar-refractivity contribution in [1.29, 1.82) is 0 Å². The monoisotopic (exact) mass is 562 g/mol. The van der Waals surface area contributed by atoms with E-state index < -0.39 is 0 Å². The number of aryl methyl sites for hydroxylation is 1. The lowest BCUT2D eigenvalue weighted by Crippen LogP contribution is -2.41. The third-order valence-electron chi connectivity index (χ3n) is 4.89. The fourth-order valence-corrected chi connectivity index (χ4v) is 3.25. The third-order valence-corrected chi connectivity index (χ3v) is 4.89. The maximum absolute atomic E-state index is 12.3. The lowest BCUT2D eigenvalue weighted by Gasteiger charge is -2.16. The lowest BCUT2D eigenvalue weighted by molar-refractivity contribution is -0.115. The zero-order valence-electron chi connectivity index (χ0n) is 19.0. The summed E-state index contributed by atoms with van der Waals surface area (Å²) in [7, 11) is 0. The first kappa shape index (κ1) is 26.5. The van der Waals surface area contributed by atoms with Gasteiger partial charge in [0.1, 0.15) is 11.9 Å². The van der Waals surface area contributed by atoms with Gasteiger partial charge in [0.15, 0.2) is 5.96 Å². The maximum atomic E-state index is 12.3. The van der Waals surface area contributed by atoms with Crippen molar-refractivity contribution in [2.45, 2.75) is 32.9 Å². The Labute approximate surface area is 212 Å². The molecule has 3 rings (SSSR count). The topological polar surface area (TPSA) is 84.0 Å². The number of hydrogen-bond donors (Lipinski definition) is 3. The molecule has 2 aromatic carbocycles. The number of rotatable bonds is 8. The average molecular weight is 562 g/mol. The number of terminal acetylenes is 1. The molecule has 1 heterocycles. The molecular formula is C25H31IN4O3. The van der Waals surface area contributed by atoms with Crippen molar-refractivity contribution in [1.82, 2.24) is 10.6 Å².